The number of thiophene rings is 1. The summed E-state index contributed by atoms with van der Waals surface area (Å²) in [5.41, 5.74) is 5.14. The van der Waals surface area contributed by atoms with Gasteiger partial charge in [0.2, 0.25) is 10.0 Å². The first-order valence-corrected chi connectivity index (χ1v) is 9.85. The van der Waals surface area contributed by atoms with Crippen LogP contribution >= 0.6 is 11.3 Å². The van der Waals surface area contributed by atoms with Gasteiger partial charge >= 0.3 is 0 Å². The quantitative estimate of drug-likeness (QED) is 0.727. The zero-order valence-corrected chi connectivity index (χ0v) is 14.4. The number of sulfonamides is 1. The number of amides is 1. The Bertz CT molecular complexity index is 613. The van der Waals surface area contributed by atoms with E-state index in [-0.39, 0.29) is 9.77 Å². The van der Waals surface area contributed by atoms with Crippen LogP contribution < -0.4 is 10.5 Å². The highest BCUT2D eigenvalue weighted by molar-refractivity contribution is 7.89. The van der Waals surface area contributed by atoms with Crippen molar-refractivity contribution in [2.75, 3.05) is 26.2 Å². The Hall–Kier alpha value is -0.960. The Morgan fingerprint density at radius 2 is 2.32 bits per heavy atom. The van der Waals surface area contributed by atoms with Gasteiger partial charge in [-0.3, -0.25) is 4.79 Å². The van der Waals surface area contributed by atoms with Crippen molar-refractivity contribution in [1.29, 1.82) is 0 Å². The highest BCUT2D eigenvalue weighted by Gasteiger charge is 2.18. The van der Waals surface area contributed by atoms with Crippen molar-refractivity contribution in [1.82, 2.24) is 9.62 Å². The Kier molecular flexibility index (Phi) is 5.96. The summed E-state index contributed by atoms with van der Waals surface area (Å²) in [6.07, 6.45) is 3.28. The fraction of sp³-hybridized carbons (Fsp3) is 0.643. The number of hydrogen-bond donors (Lipinski definition) is 2. The minimum Gasteiger partial charge on any atom is -0.365 e. The van der Waals surface area contributed by atoms with E-state index in [2.05, 4.69) is 16.5 Å². The molecule has 0 radical (unpaired) electrons. The van der Waals surface area contributed by atoms with Crippen molar-refractivity contribution in [3.63, 3.8) is 0 Å². The molecule has 0 spiro atoms. The molecule has 22 heavy (non-hydrogen) atoms. The van der Waals surface area contributed by atoms with Gasteiger partial charge in [-0.1, -0.05) is 6.92 Å². The summed E-state index contributed by atoms with van der Waals surface area (Å²) in [6.45, 7) is 5.75. The zero-order chi connectivity index (χ0) is 16.2. The molecule has 1 aromatic heterocycles. The second-order valence-corrected chi connectivity index (χ2v) is 8.49. The third-order valence-corrected chi connectivity index (χ3v) is 6.35. The molecular formula is C14H23N3O3S2. The van der Waals surface area contributed by atoms with Gasteiger partial charge in [0.1, 0.15) is 0 Å². The van der Waals surface area contributed by atoms with Gasteiger partial charge in [0.25, 0.3) is 5.91 Å². The van der Waals surface area contributed by atoms with Gasteiger partial charge in [0.05, 0.1) is 9.77 Å². The molecule has 0 saturated carbocycles. The van der Waals surface area contributed by atoms with Crippen molar-refractivity contribution < 1.29 is 13.2 Å². The van der Waals surface area contributed by atoms with E-state index in [1.165, 1.54) is 24.3 Å². The van der Waals surface area contributed by atoms with Gasteiger partial charge in [-0.2, -0.15) is 0 Å². The van der Waals surface area contributed by atoms with Crippen LogP contribution in [0.2, 0.25) is 0 Å². The Labute approximate surface area is 135 Å². The summed E-state index contributed by atoms with van der Waals surface area (Å²) in [6, 6.07) is 1.32. The predicted octanol–water partition coefficient (Wildman–Crippen LogP) is 1.25. The summed E-state index contributed by atoms with van der Waals surface area (Å²) in [5.74, 6) is 0.120. The summed E-state index contributed by atoms with van der Waals surface area (Å²) >= 11 is 1.04. The number of carbonyl (C=O) groups is 1. The lowest BCUT2D eigenvalue weighted by molar-refractivity contribution is 0.100. The topological polar surface area (TPSA) is 92.5 Å². The molecule has 2 rings (SSSR count). The molecule has 1 aliphatic heterocycles. The molecule has 0 aromatic carbocycles. The molecule has 0 bridgehead atoms. The van der Waals surface area contributed by atoms with Gasteiger partial charge in [0.15, 0.2) is 0 Å². The molecular weight excluding hydrogens is 322 g/mol. The molecule has 0 aliphatic carbocycles. The van der Waals surface area contributed by atoms with Crippen LogP contribution in [0.1, 0.15) is 35.9 Å². The number of nitrogens with two attached hydrogens (primary N) is 1. The standard InChI is InChI=1S/C14H23N3O3S2/c1-11-4-2-6-17(9-11)7-3-5-16-22(19,20)12-8-13(14(15)18)21-10-12/h8,10-11,16H,2-7,9H2,1H3,(H2,15,18)/t11-/m0/s1. The third-order valence-electron chi connectivity index (χ3n) is 3.81. The highest BCUT2D eigenvalue weighted by atomic mass is 32.2. The second-order valence-electron chi connectivity index (χ2n) is 5.81. The van der Waals surface area contributed by atoms with Crippen LogP contribution in [0.3, 0.4) is 0 Å². The van der Waals surface area contributed by atoms with E-state index in [0.717, 1.165) is 43.3 Å². The molecule has 1 aliphatic rings. The van der Waals surface area contributed by atoms with E-state index in [1.807, 2.05) is 0 Å². The van der Waals surface area contributed by atoms with E-state index in [0.29, 0.717) is 6.54 Å². The molecule has 1 atom stereocenters. The van der Waals surface area contributed by atoms with Crippen LogP contribution in [-0.2, 0) is 10.0 Å². The van der Waals surface area contributed by atoms with Crippen molar-refractivity contribution in [3.05, 3.63) is 16.3 Å². The average molecular weight is 345 g/mol. The molecule has 3 N–H and O–H groups in total. The largest absolute Gasteiger partial charge is 0.365 e. The van der Waals surface area contributed by atoms with E-state index >= 15 is 0 Å². The van der Waals surface area contributed by atoms with E-state index < -0.39 is 15.9 Å². The SMILES string of the molecule is C[C@H]1CCCN(CCCNS(=O)(=O)c2csc(C(N)=O)c2)C1. The lowest BCUT2D eigenvalue weighted by Gasteiger charge is -2.30. The first kappa shape index (κ1) is 17.4. The molecule has 8 heteroatoms. The number of nitrogens with one attached hydrogen (secondary N) is 1. The van der Waals surface area contributed by atoms with Gasteiger partial charge in [-0.25, -0.2) is 13.1 Å². The fourth-order valence-electron chi connectivity index (χ4n) is 2.67. The van der Waals surface area contributed by atoms with Gasteiger partial charge < -0.3 is 10.6 Å². The maximum atomic E-state index is 12.1. The molecule has 124 valence electrons. The van der Waals surface area contributed by atoms with Crippen LogP contribution in [-0.4, -0.2) is 45.4 Å². The van der Waals surface area contributed by atoms with Crippen LogP contribution in [0.5, 0.6) is 0 Å². The lowest BCUT2D eigenvalue weighted by atomic mass is 10.0. The molecule has 1 fully saturated rings. The first-order valence-electron chi connectivity index (χ1n) is 7.49. The molecule has 1 amide bonds. The number of likely N-dealkylation sites (tertiary alicyclic amines) is 1. The van der Waals surface area contributed by atoms with Crippen molar-refractivity contribution in [2.24, 2.45) is 11.7 Å². The molecule has 6 nitrogen and oxygen atoms in total. The number of nitrogens with zero attached hydrogens (tertiary/aromatic N) is 1. The summed E-state index contributed by atoms with van der Waals surface area (Å²) in [4.78, 5) is 13.8. The Morgan fingerprint density at radius 3 is 2.95 bits per heavy atom. The number of piperidine rings is 1. The number of hydrogen-bond acceptors (Lipinski definition) is 5. The van der Waals surface area contributed by atoms with Crippen LogP contribution in [0.15, 0.2) is 16.3 Å². The van der Waals surface area contributed by atoms with E-state index in [9.17, 15) is 13.2 Å². The van der Waals surface area contributed by atoms with E-state index in [1.54, 1.807) is 0 Å². The summed E-state index contributed by atoms with van der Waals surface area (Å²) < 4.78 is 26.8. The normalized spacial score (nSPS) is 20.1. The minimum absolute atomic E-state index is 0.109. The van der Waals surface area contributed by atoms with Crippen LogP contribution in [0, 0.1) is 5.92 Å². The third kappa shape index (κ3) is 4.77. The minimum atomic E-state index is -3.55. The van der Waals surface area contributed by atoms with Crippen LogP contribution in [0.4, 0.5) is 0 Å². The Morgan fingerprint density at radius 1 is 1.55 bits per heavy atom. The highest BCUT2D eigenvalue weighted by Crippen LogP contribution is 2.19. The van der Waals surface area contributed by atoms with Crippen LogP contribution in [0.25, 0.3) is 0 Å². The number of primary amides is 1. The Balaban J connectivity index is 1.78. The van der Waals surface area contributed by atoms with Gasteiger partial charge in [-0.15, -0.1) is 11.3 Å². The molecule has 2 heterocycles. The lowest BCUT2D eigenvalue weighted by Crippen LogP contribution is -2.36. The fourth-order valence-corrected chi connectivity index (χ4v) is 4.87. The van der Waals surface area contributed by atoms with E-state index in [4.69, 9.17) is 5.73 Å². The number of rotatable bonds is 7. The van der Waals surface area contributed by atoms with Crippen molar-refractivity contribution in [2.45, 2.75) is 31.1 Å². The van der Waals surface area contributed by atoms with Gasteiger partial charge in [0, 0.05) is 18.5 Å². The molecule has 1 aromatic rings. The first-order chi connectivity index (χ1) is 10.4. The number of carbonyl (C=O) groups excluding carboxylic acids is 1. The zero-order valence-electron chi connectivity index (χ0n) is 12.7. The molecule has 1 saturated heterocycles. The maximum Gasteiger partial charge on any atom is 0.258 e. The second kappa shape index (κ2) is 7.54. The summed E-state index contributed by atoms with van der Waals surface area (Å²) in [5, 5.41) is 1.44. The predicted molar refractivity (Wildman–Crippen MR) is 87.5 cm³/mol. The maximum absolute atomic E-state index is 12.1. The van der Waals surface area contributed by atoms with Crippen molar-refractivity contribution in [3.8, 4) is 0 Å². The van der Waals surface area contributed by atoms with Crippen molar-refractivity contribution >= 4 is 27.3 Å². The van der Waals surface area contributed by atoms with Gasteiger partial charge in [-0.05, 0) is 44.3 Å². The average Bonchev–Trinajstić information content (AvgIpc) is 2.94. The summed E-state index contributed by atoms with van der Waals surface area (Å²) in [7, 11) is -3.55. The smallest absolute Gasteiger partial charge is 0.258 e. The molecule has 0 unspecified atom stereocenters. The monoisotopic (exact) mass is 345 g/mol.